The van der Waals surface area contributed by atoms with E-state index in [1.807, 2.05) is 19.1 Å². The van der Waals surface area contributed by atoms with Gasteiger partial charge in [0.25, 0.3) is 0 Å². The Kier molecular flexibility index (Phi) is 3.17. The van der Waals surface area contributed by atoms with Crippen molar-refractivity contribution in [1.29, 1.82) is 0 Å². The van der Waals surface area contributed by atoms with E-state index < -0.39 is 0 Å². The van der Waals surface area contributed by atoms with Crippen LogP contribution in [-0.2, 0) is 0 Å². The van der Waals surface area contributed by atoms with Crippen LogP contribution < -0.4 is 5.73 Å². The summed E-state index contributed by atoms with van der Waals surface area (Å²) in [5, 5.41) is 3.34. The van der Waals surface area contributed by atoms with Crippen LogP contribution in [0.2, 0.25) is 0 Å². The van der Waals surface area contributed by atoms with Crippen molar-refractivity contribution in [2.45, 2.75) is 26.7 Å². The van der Waals surface area contributed by atoms with Crippen molar-refractivity contribution < 1.29 is 0 Å². The summed E-state index contributed by atoms with van der Waals surface area (Å²) < 4.78 is 1.06. The summed E-state index contributed by atoms with van der Waals surface area (Å²) in [5.41, 5.74) is 10.4. The van der Waals surface area contributed by atoms with E-state index >= 15 is 0 Å². The summed E-state index contributed by atoms with van der Waals surface area (Å²) >= 11 is 3.65. The van der Waals surface area contributed by atoms with Crippen LogP contribution in [0.1, 0.15) is 31.0 Å². The fourth-order valence-corrected chi connectivity index (χ4v) is 3.51. The molecule has 0 saturated heterocycles. The number of anilines is 1. The Bertz CT molecular complexity index is 822. The number of hydrogen-bond acceptors (Lipinski definition) is 2. The Hall–Kier alpha value is -1.61. The fraction of sp³-hybridized carbons (Fsp3) is 0.235. The van der Waals surface area contributed by atoms with E-state index in [4.69, 9.17) is 10.7 Å². The van der Waals surface area contributed by atoms with E-state index in [1.54, 1.807) is 0 Å². The van der Waals surface area contributed by atoms with Gasteiger partial charge in [-0.3, -0.25) is 4.98 Å². The van der Waals surface area contributed by atoms with Crippen LogP contribution in [0.3, 0.4) is 0 Å². The number of aryl methyl sites for hydroxylation is 1. The van der Waals surface area contributed by atoms with Crippen molar-refractivity contribution in [2.24, 2.45) is 0 Å². The molecular weight excluding hydrogens is 312 g/mol. The third-order valence-corrected chi connectivity index (χ3v) is 4.45. The number of hydrogen-bond donors (Lipinski definition) is 1. The first kappa shape index (κ1) is 13.4. The Morgan fingerprint density at radius 1 is 1.10 bits per heavy atom. The Balaban J connectivity index is 2.55. The molecule has 0 aliphatic heterocycles. The molecule has 2 aromatic carbocycles. The van der Waals surface area contributed by atoms with E-state index in [0.29, 0.717) is 5.92 Å². The first-order valence-electron chi connectivity index (χ1n) is 6.77. The van der Waals surface area contributed by atoms with Crippen molar-refractivity contribution in [3.63, 3.8) is 0 Å². The summed E-state index contributed by atoms with van der Waals surface area (Å²) in [6, 6.07) is 10.4. The quantitative estimate of drug-likeness (QED) is 0.626. The van der Waals surface area contributed by atoms with Crippen LogP contribution >= 0.6 is 15.9 Å². The van der Waals surface area contributed by atoms with Gasteiger partial charge in [-0.1, -0.05) is 54.0 Å². The zero-order valence-corrected chi connectivity index (χ0v) is 13.5. The van der Waals surface area contributed by atoms with Gasteiger partial charge in [0.05, 0.1) is 5.52 Å². The second-order valence-corrected chi connectivity index (χ2v) is 6.33. The SMILES string of the molecule is Cc1nc2c(cc(Br)c3ccccc32)c(N)c1C(C)C. The molecule has 0 aliphatic carbocycles. The molecule has 3 rings (SSSR count). The largest absolute Gasteiger partial charge is 0.398 e. The minimum atomic E-state index is 0.372. The second kappa shape index (κ2) is 4.74. The highest BCUT2D eigenvalue weighted by Crippen LogP contribution is 2.37. The highest BCUT2D eigenvalue weighted by Gasteiger charge is 2.15. The molecule has 0 aliphatic rings. The van der Waals surface area contributed by atoms with Crippen LogP contribution in [0.4, 0.5) is 5.69 Å². The number of aromatic nitrogens is 1. The highest BCUT2D eigenvalue weighted by atomic mass is 79.9. The van der Waals surface area contributed by atoms with Crippen molar-refractivity contribution in [2.75, 3.05) is 5.73 Å². The summed E-state index contributed by atoms with van der Waals surface area (Å²) in [7, 11) is 0. The Morgan fingerprint density at radius 2 is 1.75 bits per heavy atom. The molecule has 0 saturated carbocycles. The lowest BCUT2D eigenvalue weighted by Crippen LogP contribution is -2.03. The van der Waals surface area contributed by atoms with Gasteiger partial charge in [-0.15, -0.1) is 0 Å². The van der Waals surface area contributed by atoms with Gasteiger partial charge in [-0.2, -0.15) is 0 Å². The molecule has 1 heterocycles. The molecular formula is C17H17BrN2. The molecule has 0 unspecified atom stereocenters. The first-order valence-corrected chi connectivity index (χ1v) is 7.57. The number of benzene rings is 2. The summed E-state index contributed by atoms with van der Waals surface area (Å²) in [6.07, 6.45) is 0. The lowest BCUT2D eigenvalue weighted by atomic mass is 9.95. The molecule has 2 nitrogen and oxygen atoms in total. The van der Waals surface area contributed by atoms with Crippen molar-refractivity contribution in [3.05, 3.63) is 46.1 Å². The molecule has 0 radical (unpaired) electrons. The summed E-state index contributed by atoms with van der Waals surface area (Å²) in [6.45, 7) is 6.35. The van der Waals surface area contributed by atoms with Crippen molar-refractivity contribution >= 4 is 43.3 Å². The number of nitrogens with zero attached hydrogens (tertiary/aromatic N) is 1. The zero-order chi connectivity index (χ0) is 14.4. The number of pyridine rings is 1. The van der Waals surface area contributed by atoms with E-state index in [0.717, 1.165) is 37.7 Å². The lowest BCUT2D eigenvalue weighted by molar-refractivity contribution is 0.851. The van der Waals surface area contributed by atoms with Crippen molar-refractivity contribution in [1.82, 2.24) is 4.98 Å². The van der Waals surface area contributed by atoms with Crippen LogP contribution in [0.15, 0.2) is 34.8 Å². The average molecular weight is 329 g/mol. The monoisotopic (exact) mass is 328 g/mol. The van der Waals surface area contributed by atoms with E-state index in [2.05, 4.69) is 48.0 Å². The number of fused-ring (bicyclic) bond motifs is 3. The topological polar surface area (TPSA) is 38.9 Å². The molecule has 3 heteroatoms. The van der Waals surface area contributed by atoms with Gasteiger partial charge in [0.2, 0.25) is 0 Å². The minimum Gasteiger partial charge on any atom is -0.398 e. The molecule has 0 atom stereocenters. The average Bonchev–Trinajstić information content (AvgIpc) is 2.40. The maximum Gasteiger partial charge on any atom is 0.0805 e. The molecule has 3 aromatic rings. The second-order valence-electron chi connectivity index (χ2n) is 5.48. The van der Waals surface area contributed by atoms with E-state index in [9.17, 15) is 0 Å². The Labute approximate surface area is 127 Å². The van der Waals surface area contributed by atoms with Gasteiger partial charge in [-0.25, -0.2) is 0 Å². The van der Waals surface area contributed by atoms with Gasteiger partial charge < -0.3 is 5.73 Å². The van der Waals surface area contributed by atoms with Gasteiger partial charge in [0.15, 0.2) is 0 Å². The molecule has 2 N–H and O–H groups in total. The van der Waals surface area contributed by atoms with Gasteiger partial charge in [0.1, 0.15) is 0 Å². The highest BCUT2D eigenvalue weighted by molar-refractivity contribution is 9.10. The molecule has 0 bridgehead atoms. The number of rotatable bonds is 1. The zero-order valence-electron chi connectivity index (χ0n) is 11.9. The Morgan fingerprint density at radius 3 is 2.40 bits per heavy atom. The fourth-order valence-electron chi connectivity index (χ4n) is 2.94. The number of nitrogen functional groups attached to an aromatic ring is 1. The molecule has 20 heavy (non-hydrogen) atoms. The number of nitrogens with two attached hydrogens (primary N) is 1. The standard InChI is InChI=1S/C17H17BrN2/c1-9(2)15-10(3)20-17-12-7-5-4-6-11(12)14(18)8-13(17)16(15)19/h4-9H,1-3H3,(H2,19,20). The predicted molar refractivity (Wildman–Crippen MR) is 90.2 cm³/mol. The van der Waals surface area contributed by atoms with Gasteiger partial charge in [0, 0.05) is 26.6 Å². The molecule has 1 aromatic heterocycles. The smallest absolute Gasteiger partial charge is 0.0805 e. The van der Waals surface area contributed by atoms with Gasteiger partial charge in [-0.05, 0) is 29.9 Å². The third kappa shape index (κ3) is 1.88. The maximum atomic E-state index is 6.42. The normalized spacial score (nSPS) is 11.7. The van der Waals surface area contributed by atoms with E-state index in [1.165, 1.54) is 5.39 Å². The lowest BCUT2D eigenvalue weighted by Gasteiger charge is -2.16. The number of halogens is 1. The van der Waals surface area contributed by atoms with Crippen LogP contribution in [0.25, 0.3) is 21.7 Å². The summed E-state index contributed by atoms with van der Waals surface area (Å²) in [4.78, 5) is 4.83. The summed E-state index contributed by atoms with van der Waals surface area (Å²) in [5.74, 6) is 0.372. The van der Waals surface area contributed by atoms with Crippen LogP contribution in [-0.4, -0.2) is 4.98 Å². The van der Waals surface area contributed by atoms with E-state index in [-0.39, 0.29) is 0 Å². The minimum absolute atomic E-state index is 0.372. The third-order valence-electron chi connectivity index (χ3n) is 3.79. The molecule has 102 valence electrons. The predicted octanol–water partition coefficient (Wildman–Crippen LogP) is 5.16. The molecule has 0 amide bonds. The molecule has 0 spiro atoms. The maximum absolute atomic E-state index is 6.42. The first-order chi connectivity index (χ1) is 9.50. The molecule has 0 fully saturated rings. The van der Waals surface area contributed by atoms with Crippen molar-refractivity contribution in [3.8, 4) is 0 Å². The van der Waals surface area contributed by atoms with Gasteiger partial charge >= 0.3 is 0 Å². The van der Waals surface area contributed by atoms with Crippen LogP contribution in [0, 0.1) is 6.92 Å². The van der Waals surface area contributed by atoms with Crippen LogP contribution in [0.5, 0.6) is 0 Å².